The summed E-state index contributed by atoms with van der Waals surface area (Å²) in [6.07, 6.45) is 1.06. The van der Waals surface area contributed by atoms with E-state index in [1.807, 2.05) is 4.72 Å². The van der Waals surface area contributed by atoms with Gasteiger partial charge in [-0.1, -0.05) is 44.2 Å². The van der Waals surface area contributed by atoms with Crippen molar-refractivity contribution in [3.63, 3.8) is 0 Å². The van der Waals surface area contributed by atoms with Gasteiger partial charge >= 0.3 is 88.7 Å². The van der Waals surface area contributed by atoms with Crippen LogP contribution in [-0.4, -0.2) is 94.6 Å². The molecule has 0 aliphatic rings. The number of carbonyl (C=O) groups excluding carboxylic acids is 4. The molecule has 68 heavy (non-hydrogen) atoms. The fourth-order valence-electron chi connectivity index (χ4n) is 7.04. The van der Waals surface area contributed by atoms with Gasteiger partial charge in [0.05, 0.1) is 42.6 Å². The third-order valence-electron chi connectivity index (χ3n) is 10.3. The number of unbranched alkanes of at least 4 members (excludes halogenated alkanes) is 4. The van der Waals surface area contributed by atoms with Gasteiger partial charge in [-0.2, -0.15) is 13.8 Å². The molecule has 0 aliphatic heterocycles. The van der Waals surface area contributed by atoms with Gasteiger partial charge in [0.2, 0.25) is 20.0 Å². The zero-order valence-corrected chi connectivity index (χ0v) is 48.0. The van der Waals surface area contributed by atoms with E-state index in [0.29, 0.717) is 42.5 Å². The third kappa shape index (κ3) is 17.5. The zero-order valence-electron chi connectivity index (χ0n) is 37.9. The molecule has 0 fully saturated rings. The molecule has 0 saturated carbocycles. The summed E-state index contributed by atoms with van der Waals surface area (Å²) < 4.78 is 140. The van der Waals surface area contributed by atoms with Crippen molar-refractivity contribution >= 4 is 108 Å². The van der Waals surface area contributed by atoms with Crippen molar-refractivity contribution in [1.29, 1.82) is 0 Å². The second kappa shape index (κ2) is 27.7. The van der Waals surface area contributed by atoms with Gasteiger partial charge in [0.25, 0.3) is 0 Å². The molecule has 0 spiro atoms. The Labute approximate surface area is 465 Å². The molecule has 4 rings (SSSR count). The predicted octanol–water partition coefficient (Wildman–Crippen LogP) is -5.75. The van der Waals surface area contributed by atoms with Crippen molar-refractivity contribution in [1.82, 2.24) is 9.44 Å². The first-order valence-corrected chi connectivity index (χ1v) is 26.5. The molecule has 0 bridgehead atoms. The smallest absolute Gasteiger partial charge is 0.748 e. The number of benzene rings is 4. The molecule has 0 radical (unpaired) electrons. The van der Waals surface area contributed by atoms with Crippen LogP contribution in [0.25, 0.3) is 32.3 Å². The number of hydrogen-bond acceptors (Lipinski definition) is 19. The van der Waals surface area contributed by atoms with Crippen LogP contribution in [0, 0.1) is 0 Å². The molecule has 4 aromatic carbocycles. The molecule has 3 N–H and O–H groups in total. The predicted molar refractivity (Wildman–Crippen MR) is 233 cm³/mol. The number of allylic oxidation sites excluding steroid dienone is 2. The van der Waals surface area contributed by atoms with Crippen LogP contribution in [0.3, 0.4) is 0 Å². The Bertz CT molecular complexity index is 2990. The van der Waals surface area contributed by atoms with Crippen molar-refractivity contribution in [2.24, 2.45) is 0 Å². The van der Waals surface area contributed by atoms with Crippen LogP contribution in [0.1, 0.15) is 78.1 Å². The first-order valence-electron chi connectivity index (χ1n) is 19.6. The Morgan fingerprint density at radius 3 is 1.46 bits per heavy atom. The fraction of sp³-hybridized carbons (Fsp3) is 0.400. The normalized spacial score (nSPS) is 13.0. The van der Waals surface area contributed by atoms with E-state index in [9.17, 15) is 72.3 Å². The average molecular weight is 1070 g/mol. The molecule has 28 heteroatoms. The van der Waals surface area contributed by atoms with E-state index in [-0.39, 0.29) is 178 Å². The second-order valence-corrected chi connectivity index (χ2v) is 22.1. The average Bonchev–Trinajstić information content (AvgIpc) is 3.20. The molecule has 0 amide bonds. The van der Waals surface area contributed by atoms with Crippen LogP contribution in [0.15, 0.2) is 75.4 Å². The van der Waals surface area contributed by atoms with Crippen molar-refractivity contribution in [2.75, 3.05) is 11.5 Å². The van der Waals surface area contributed by atoms with Crippen molar-refractivity contribution in [3.05, 3.63) is 60.7 Å². The summed E-state index contributed by atoms with van der Waals surface area (Å²) >= 11 is 0.241. The molecule has 0 aromatic heterocycles. The van der Waals surface area contributed by atoms with E-state index in [1.54, 1.807) is 6.92 Å². The van der Waals surface area contributed by atoms with Crippen LogP contribution >= 0.6 is 12.0 Å². The number of nitrogens with one attached hydrogen (secondary N) is 2. The molecule has 2 atom stereocenters. The van der Waals surface area contributed by atoms with Crippen molar-refractivity contribution in [2.45, 2.75) is 105 Å². The van der Waals surface area contributed by atoms with E-state index < -0.39 is 108 Å². The molecular formula is C40H45N2Na3O18S5. The van der Waals surface area contributed by atoms with Gasteiger partial charge in [-0.15, -0.1) is 0 Å². The Morgan fingerprint density at radius 2 is 1.03 bits per heavy atom. The van der Waals surface area contributed by atoms with Crippen LogP contribution in [0.2, 0.25) is 0 Å². The Kier molecular flexibility index (Phi) is 26.4. The second-order valence-electron chi connectivity index (χ2n) is 15.2. The Hall–Kier alpha value is -1.25. The Balaban J connectivity index is 0.00000771. The van der Waals surface area contributed by atoms with E-state index in [4.69, 9.17) is 0 Å². The number of ketones is 4. The van der Waals surface area contributed by atoms with Crippen LogP contribution in [-0.2, 0) is 68.8 Å². The quantitative estimate of drug-likeness (QED) is 0.00667. The minimum Gasteiger partial charge on any atom is -0.748 e. The number of Topliss-reactive ketones (excluding diaryl/α,β-unsaturated/α-hetero) is 4. The number of carbonyl (C=O) groups is 4. The Morgan fingerprint density at radius 1 is 0.632 bits per heavy atom. The van der Waals surface area contributed by atoms with E-state index in [0.717, 1.165) is 24.3 Å². The standard InChI is InChI=1S/C40H48N2O18S5.3Na/c1-23(2)31(43)11-7-5-9-13-33(45)29(21-61-60-59-48)41-63(52,53)36-20-37(26-16-15-25-35(47)19-38(65(56,57)58)28-18-17-27(36)40(26)39(25)28)64(54,55)42-30(22-62(49,50)51)34(46)14-10-6-8-12-32(44)24(3)4;;;/h15-20,29-30,41-42,47-48H,1,3,5-14,21-22H2,2,4H3,(H,49,50,51)(H,56,57,58);;;/q;3*+1/p-3. The monoisotopic (exact) mass is 1070 g/mol. The number of sulfonamides is 2. The van der Waals surface area contributed by atoms with Crippen molar-refractivity contribution < 1.29 is 170 Å². The summed E-state index contributed by atoms with van der Waals surface area (Å²) in [6.45, 7) is 10.2. The van der Waals surface area contributed by atoms with Crippen LogP contribution < -0.4 is 103 Å². The molecular weight excluding hydrogens is 1030 g/mol. The topological polar surface area (TPSA) is 337 Å². The molecule has 0 saturated heterocycles. The molecule has 356 valence electrons. The first kappa shape index (κ1) is 64.8. The molecule has 2 unspecified atom stereocenters. The fourth-order valence-corrected chi connectivity index (χ4v) is 12.1. The van der Waals surface area contributed by atoms with Crippen molar-refractivity contribution in [3.8, 4) is 5.75 Å². The zero-order chi connectivity index (χ0) is 48.7. The molecule has 0 heterocycles. The summed E-state index contributed by atoms with van der Waals surface area (Å²) in [5, 5.41) is 22.9. The van der Waals surface area contributed by atoms with Gasteiger partial charge in [-0.3, -0.25) is 24.2 Å². The molecule has 0 aliphatic carbocycles. The summed E-state index contributed by atoms with van der Waals surface area (Å²) in [4.78, 5) is 47.9. The number of hydrogen-bond donors (Lipinski definition) is 3. The summed E-state index contributed by atoms with van der Waals surface area (Å²) in [5.74, 6) is -5.14. The minimum atomic E-state index is -5.37. The third-order valence-corrected chi connectivity index (χ3v) is 15.5. The number of phenols is 1. The summed E-state index contributed by atoms with van der Waals surface area (Å²) in [6, 6.07) is 1.65. The van der Waals surface area contributed by atoms with E-state index in [1.165, 1.54) is 6.92 Å². The number of rotatable bonds is 29. The van der Waals surface area contributed by atoms with Gasteiger partial charge in [0, 0.05) is 75.8 Å². The largest absolute Gasteiger partial charge is 1.00 e. The number of aromatic hydroxyl groups is 1. The summed E-state index contributed by atoms with van der Waals surface area (Å²) in [7, 11) is -21.2. The maximum absolute atomic E-state index is 14.5. The molecule has 20 nitrogen and oxygen atoms in total. The van der Waals surface area contributed by atoms with E-state index >= 15 is 0 Å². The minimum absolute atomic E-state index is 0. The van der Waals surface area contributed by atoms with Crippen LogP contribution in [0.5, 0.6) is 5.75 Å². The van der Waals surface area contributed by atoms with Gasteiger partial charge in [0.15, 0.2) is 23.1 Å². The van der Waals surface area contributed by atoms with Crippen LogP contribution in [0.4, 0.5) is 0 Å². The molecule has 4 aromatic rings. The maximum Gasteiger partial charge on any atom is 1.00 e. The summed E-state index contributed by atoms with van der Waals surface area (Å²) in [5.41, 5.74) is 0.659. The van der Waals surface area contributed by atoms with Gasteiger partial charge in [-0.25, -0.2) is 33.7 Å². The van der Waals surface area contributed by atoms with E-state index in [2.05, 4.69) is 27.3 Å². The first-order chi connectivity index (χ1) is 30.2. The van der Waals surface area contributed by atoms with Gasteiger partial charge in [-0.05, 0) is 68.9 Å². The van der Waals surface area contributed by atoms with Gasteiger partial charge in [0.1, 0.15) is 15.9 Å². The number of phenolic OH excluding ortho intramolecular Hbond substituents is 1. The SMILES string of the molecule is C=C(C)C(=O)CCCCCC(=O)C(CSOO[O-])NS(=O)(=O)c1cc(S(=O)(=O)NC(CS(=O)(=O)[O-])C(=O)CCCCCC(=O)C(=C)C)c2ccc3c(O)cc(S(=O)(=O)[O-])c4ccc1c2c34.[Na+].[Na+].[Na+]. The maximum atomic E-state index is 14.5. The van der Waals surface area contributed by atoms with Gasteiger partial charge < -0.3 is 19.5 Å².